The van der Waals surface area contributed by atoms with Crippen LogP contribution in [-0.4, -0.2) is 12.6 Å². The van der Waals surface area contributed by atoms with Gasteiger partial charge in [0, 0.05) is 5.02 Å². The molecule has 0 unspecified atom stereocenters. The molecule has 2 rings (SSSR count). The highest BCUT2D eigenvalue weighted by Crippen LogP contribution is 2.29. The lowest BCUT2D eigenvalue weighted by Gasteiger charge is -2.12. The second-order valence-corrected chi connectivity index (χ2v) is 4.90. The number of ether oxygens (including phenoxy) is 2. The maximum atomic E-state index is 12.1. The molecule has 2 aromatic carbocycles. The lowest BCUT2D eigenvalue weighted by Crippen LogP contribution is -2.09. The van der Waals surface area contributed by atoms with Gasteiger partial charge in [-0.1, -0.05) is 24.6 Å². The SMILES string of the molecule is CCOc1cc(CC)ccc1OC(=O)c1ccc(Cl)cc1. The molecular weight excluding hydrogens is 288 g/mol. The normalized spacial score (nSPS) is 10.2. The van der Waals surface area contributed by atoms with Crippen molar-refractivity contribution in [1.82, 2.24) is 0 Å². The van der Waals surface area contributed by atoms with Gasteiger partial charge in [0.25, 0.3) is 0 Å². The third-order valence-corrected chi connectivity index (χ3v) is 3.25. The first-order chi connectivity index (χ1) is 10.1. The van der Waals surface area contributed by atoms with E-state index in [1.807, 2.05) is 19.1 Å². The van der Waals surface area contributed by atoms with Crippen molar-refractivity contribution in [3.63, 3.8) is 0 Å². The summed E-state index contributed by atoms with van der Waals surface area (Å²) in [6.07, 6.45) is 0.894. The fourth-order valence-corrected chi connectivity index (χ4v) is 2.00. The first-order valence-electron chi connectivity index (χ1n) is 6.87. The van der Waals surface area contributed by atoms with Gasteiger partial charge in [-0.3, -0.25) is 0 Å². The molecule has 0 saturated heterocycles. The van der Waals surface area contributed by atoms with Crippen molar-refractivity contribution in [2.45, 2.75) is 20.3 Å². The van der Waals surface area contributed by atoms with E-state index in [9.17, 15) is 4.79 Å². The molecule has 0 fully saturated rings. The molecule has 0 aliphatic carbocycles. The molecule has 0 saturated carbocycles. The summed E-state index contributed by atoms with van der Waals surface area (Å²) in [4.78, 5) is 12.1. The van der Waals surface area contributed by atoms with E-state index in [4.69, 9.17) is 21.1 Å². The molecule has 21 heavy (non-hydrogen) atoms. The number of aryl methyl sites for hydroxylation is 1. The monoisotopic (exact) mass is 304 g/mol. The first-order valence-corrected chi connectivity index (χ1v) is 7.25. The summed E-state index contributed by atoms with van der Waals surface area (Å²) < 4.78 is 11.0. The summed E-state index contributed by atoms with van der Waals surface area (Å²) >= 11 is 5.80. The van der Waals surface area contributed by atoms with Crippen LogP contribution in [0.2, 0.25) is 5.02 Å². The van der Waals surface area contributed by atoms with E-state index >= 15 is 0 Å². The summed E-state index contributed by atoms with van der Waals surface area (Å²) in [5.41, 5.74) is 1.58. The zero-order valence-electron chi connectivity index (χ0n) is 12.1. The van der Waals surface area contributed by atoms with Gasteiger partial charge in [0.1, 0.15) is 0 Å². The smallest absolute Gasteiger partial charge is 0.343 e. The third kappa shape index (κ3) is 3.99. The van der Waals surface area contributed by atoms with Crippen LogP contribution in [0.15, 0.2) is 42.5 Å². The number of rotatable bonds is 5. The van der Waals surface area contributed by atoms with Crippen LogP contribution in [0.1, 0.15) is 29.8 Å². The van der Waals surface area contributed by atoms with E-state index in [0.717, 1.165) is 12.0 Å². The molecule has 0 radical (unpaired) electrons. The molecule has 0 aromatic heterocycles. The lowest BCUT2D eigenvalue weighted by atomic mass is 10.1. The molecule has 0 amide bonds. The van der Waals surface area contributed by atoms with Crippen molar-refractivity contribution in [2.75, 3.05) is 6.61 Å². The zero-order chi connectivity index (χ0) is 15.2. The molecule has 2 aromatic rings. The average molecular weight is 305 g/mol. The van der Waals surface area contributed by atoms with E-state index in [1.54, 1.807) is 30.3 Å². The maximum absolute atomic E-state index is 12.1. The van der Waals surface area contributed by atoms with Gasteiger partial charge in [-0.2, -0.15) is 0 Å². The minimum atomic E-state index is -0.433. The van der Waals surface area contributed by atoms with E-state index in [2.05, 4.69) is 6.92 Å². The first kappa shape index (κ1) is 15.4. The topological polar surface area (TPSA) is 35.5 Å². The highest BCUT2D eigenvalue weighted by Gasteiger charge is 2.13. The van der Waals surface area contributed by atoms with Crippen LogP contribution >= 0.6 is 11.6 Å². The second-order valence-electron chi connectivity index (χ2n) is 4.46. The Morgan fingerprint density at radius 2 is 1.76 bits per heavy atom. The Hall–Kier alpha value is -2.00. The predicted molar refractivity (Wildman–Crippen MR) is 83.4 cm³/mol. The molecule has 0 atom stereocenters. The van der Waals surface area contributed by atoms with Gasteiger partial charge in [0.15, 0.2) is 11.5 Å². The summed E-state index contributed by atoms with van der Waals surface area (Å²) in [5, 5.41) is 0.578. The Balaban J connectivity index is 2.21. The Bertz CT molecular complexity index is 620. The summed E-state index contributed by atoms with van der Waals surface area (Å²) in [5.74, 6) is 0.574. The summed E-state index contributed by atoms with van der Waals surface area (Å²) in [7, 11) is 0. The Morgan fingerprint density at radius 1 is 1.05 bits per heavy atom. The molecule has 4 heteroatoms. The number of carbonyl (C=O) groups is 1. The second kappa shape index (κ2) is 7.14. The summed E-state index contributed by atoms with van der Waals surface area (Å²) in [6.45, 7) is 4.46. The number of benzene rings is 2. The minimum Gasteiger partial charge on any atom is -0.490 e. The van der Waals surface area contributed by atoms with Crippen molar-refractivity contribution < 1.29 is 14.3 Å². The van der Waals surface area contributed by atoms with Crippen LogP contribution < -0.4 is 9.47 Å². The van der Waals surface area contributed by atoms with Crippen LogP contribution in [-0.2, 0) is 6.42 Å². The molecule has 0 spiro atoms. The Kier molecular flexibility index (Phi) is 5.23. The van der Waals surface area contributed by atoms with E-state index in [0.29, 0.717) is 28.7 Å². The van der Waals surface area contributed by atoms with Gasteiger partial charge in [0.2, 0.25) is 0 Å². The molecule has 110 valence electrons. The van der Waals surface area contributed by atoms with Crippen LogP contribution in [0.5, 0.6) is 11.5 Å². The van der Waals surface area contributed by atoms with Crippen LogP contribution in [0, 0.1) is 0 Å². The number of carbonyl (C=O) groups excluding carboxylic acids is 1. The average Bonchev–Trinajstić information content (AvgIpc) is 2.49. The Morgan fingerprint density at radius 3 is 2.38 bits per heavy atom. The predicted octanol–water partition coefficient (Wildman–Crippen LogP) is 4.52. The number of hydrogen-bond donors (Lipinski definition) is 0. The maximum Gasteiger partial charge on any atom is 0.343 e. The molecule has 0 heterocycles. The largest absolute Gasteiger partial charge is 0.490 e. The lowest BCUT2D eigenvalue weighted by molar-refractivity contribution is 0.0728. The van der Waals surface area contributed by atoms with Crippen molar-refractivity contribution in [3.8, 4) is 11.5 Å². The number of esters is 1. The third-order valence-electron chi connectivity index (χ3n) is 3.00. The molecule has 0 aliphatic heterocycles. The van der Waals surface area contributed by atoms with Gasteiger partial charge < -0.3 is 9.47 Å². The highest BCUT2D eigenvalue weighted by atomic mass is 35.5. The van der Waals surface area contributed by atoms with Crippen LogP contribution in [0.4, 0.5) is 0 Å². The van der Waals surface area contributed by atoms with Gasteiger partial charge >= 0.3 is 5.97 Å². The van der Waals surface area contributed by atoms with Crippen LogP contribution in [0.25, 0.3) is 0 Å². The minimum absolute atomic E-state index is 0.425. The molecule has 0 aliphatic rings. The standard InChI is InChI=1S/C17H17ClO3/c1-3-12-5-10-15(16(11-12)20-4-2)21-17(19)13-6-8-14(18)9-7-13/h5-11H,3-4H2,1-2H3. The number of hydrogen-bond acceptors (Lipinski definition) is 3. The van der Waals surface area contributed by atoms with Crippen molar-refractivity contribution in [1.29, 1.82) is 0 Å². The van der Waals surface area contributed by atoms with Crippen molar-refractivity contribution in [3.05, 3.63) is 58.6 Å². The molecular formula is C17H17ClO3. The summed E-state index contributed by atoms with van der Waals surface area (Å²) in [6, 6.07) is 12.2. The van der Waals surface area contributed by atoms with Crippen molar-refractivity contribution in [2.24, 2.45) is 0 Å². The fourth-order valence-electron chi connectivity index (χ4n) is 1.87. The molecule has 3 nitrogen and oxygen atoms in total. The zero-order valence-corrected chi connectivity index (χ0v) is 12.8. The van der Waals surface area contributed by atoms with E-state index < -0.39 is 5.97 Å². The quantitative estimate of drug-likeness (QED) is 0.602. The van der Waals surface area contributed by atoms with Gasteiger partial charge in [0.05, 0.1) is 12.2 Å². The van der Waals surface area contributed by atoms with E-state index in [-0.39, 0.29) is 0 Å². The van der Waals surface area contributed by atoms with Gasteiger partial charge in [-0.15, -0.1) is 0 Å². The molecule has 0 bridgehead atoms. The van der Waals surface area contributed by atoms with Crippen LogP contribution in [0.3, 0.4) is 0 Å². The van der Waals surface area contributed by atoms with Crippen molar-refractivity contribution >= 4 is 17.6 Å². The fraction of sp³-hybridized carbons (Fsp3) is 0.235. The Labute approximate surface area is 129 Å². The highest BCUT2D eigenvalue weighted by molar-refractivity contribution is 6.30. The number of halogens is 1. The molecule has 0 N–H and O–H groups in total. The van der Waals surface area contributed by atoms with Gasteiger partial charge in [-0.05, 0) is 55.3 Å². The van der Waals surface area contributed by atoms with Gasteiger partial charge in [-0.25, -0.2) is 4.79 Å². The van der Waals surface area contributed by atoms with E-state index in [1.165, 1.54) is 0 Å².